The van der Waals surface area contributed by atoms with Gasteiger partial charge in [-0.25, -0.2) is 0 Å². The predicted molar refractivity (Wildman–Crippen MR) is 79.6 cm³/mol. The van der Waals surface area contributed by atoms with E-state index in [1.807, 2.05) is 18.2 Å². The lowest BCUT2D eigenvalue weighted by Crippen LogP contribution is -2.17. The van der Waals surface area contributed by atoms with Crippen molar-refractivity contribution in [2.45, 2.75) is 42.4 Å². The van der Waals surface area contributed by atoms with Gasteiger partial charge in [0, 0.05) is 17.4 Å². The zero-order valence-electron chi connectivity index (χ0n) is 11.4. The Kier molecular flexibility index (Phi) is 4.71. The number of nitrogens with one attached hydrogen (secondary N) is 1. The van der Waals surface area contributed by atoms with Crippen LogP contribution in [-0.4, -0.2) is 22.8 Å². The highest BCUT2D eigenvalue weighted by Crippen LogP contribution is 2.21. The molecule has 1 saturated carbocycles. The van der Waals surface area contributed by atoms with E-state index in [9.17, 15) is 0 Å². The first-order valence-electron chi connectivity index (χ1n) is 7.12. The minimum atomic E-state index is 0.712. The summed E-state index contributed by atoms with van der Waals surface area (Å²) in [4.78, 5) is 1.22. The highest BCUT2D eigenvalue weighted by atomic mass is 32.2. The van der Waals surface area contributed by atoms with E-state index in [-0.39, 0.29) is 0 Å². The second-order valence-electron chi connectivity index (χ2n) is 5.02. The fourth-order valence-electron chi connectivity index (χ4n) is 1.94. The molecule has 20 heavy (non-hydrogen) atoms. The lowest BCUT2D eigenvalue weighted by Gasteiger charge is -1.99. The lowest BCUT2D eigenvalue weighted by molar-refractivity contribution is 0.455. The number of rotatable bonds is 8. The molecule has 1 aliphatic rings. The molecule has 1 aromatic carbocycles. The maximum atomic E-state index is 5.66. The molecule has 106 valence electrons. The standard InChI is InChI=1S/C15H19N3OS/c1-2-5-13(6-3-1)20-11-15-18-17-14(19-15)7-4-10-16-12-8-9-12/h1-3,5-6,12,16H,4,7-11H2. The Morgan fingerprint density at radius 1 is 1.15 bits per heavy atom. The van der Waals surface area contributed by atoms with Crippen LogP contribution in [0.3, 0.4) is 0 Å². The van der Waals surface area contributed by atoms with Gasteiger partial charge >= 0.3 is 0 Å². The lowest BCUT2D eigenvalue weighted by atomic mass is 10.3. The molecule has 0 bridgehead atoms. The van der Waals surface area contributed by atoms with Gasteiger partial charge in [-0.1, -0.05) is 18.2 Å². The Balaban J connectivity index is 1.39. The van der Waals surface area contributed by atoms with Gasteiger partial charge in [-0.05, 0) is 37.9 Å². The largest absolute Gasteiger partial charge is 0.424 e. The van der Waals surface area contributed by atoms with Crippen molar-refractivity contribution in [3.8, 4) is 0 Å². The second kappa shape index (κ2) is 6.90. The highest BCUT2D eigenvalue weighted by Gasteiger charge is 2.19. The fraction of sp³-hybridized carbons (Fsp3) is 0.467. The Bertz CT molecular complexity index is 525. The van der Waals surface area contributed by atoms with Crippen LogP contribution in [0.4, 0.5) is 0 Å². The van der Waals surface area contributed by atoms with E-state index in [4.69, 9.17) is 4.42 Å². The quantitative estimate of drug-likeness (QED) is 0.598. The Labute approximate surface area is 123 Å². The third-order valence-corrected chi connectivity index (χ3v) is 4.19. The van der Waals surface area contributed by atoms with Gasteiger partial charge in [0.1, 0.15) is 0 Å². The Morgan fingerprint density at radius 2 is 1.95 bits per heavy atom. The molecule has 5 heteroatoms. The van der Waals surface area contributed by atoms with Crippen molar-refractivity contribution < 1.29 is 4.42 Å². The SMILES string of the molecule is c1ccc(SCc2nnc(CCCNC3CC3)o2)cc1. The zero-order chi connectivity index (χ0) is 13.6. The molecule has 0 amide bonds. The van der Waals surface area contributed by atoms with Crippen LogP contribution >= 0.6 is 11.8 Å². The number of thioether (sulfide) groups is 1. The van der Waals surface area contributed by atoms with Crippen LogP contribution in [0.1, 0.15) is 31.0 Å². The van der Waals surface area contributed by atoms with E-state index in [0.29, 0.717) is 5.89 Å². The smallest absolute Gasteiger partial charge is 0.226 e. The van der Waals surface area contributed by atoms with Crippen LogP contribution in [0, 0.1) is 0 Å². The van der Waals surface area contributed by atoms with Crippen LogP contribution in [0.2, 0.25) is 0 Å². The van der Waals surface area contributed by atoms with Crippen LogP contribution in [-0.2, 0) is 12.2 Å². The number of aryl methyl sites for hydroxylation is 1. The van der Waals surface area contributed by atoms with Crippen molar-refractivity contribution in [3.05, 3.63) is 42.1 Å². The third-order valence-electron chi connectivity index (χ3n) is 3.19. The van der Waals surface area contributed by atoms with Crippen molar-refractivity contribution in [3.63, 3.8) is 0 Å². The molecule has 0 aliphatic heterocycles. The minimum Gasteiger partial charge on any atom is -0.424 e. The average Bonchev–Trinajstić information content (AvgIpc) is 3.21. The number of hydrogen-bond acceptors (Lipinski definition) is 5. The third kappa shape index (κ3) is 4.35. The number of benzene rings is 1. The molecule has 4 nitrogen and oxygen atoms in total. The first kappa shape index (κ1) is 13.6. The van der Waals surface area contributed by atoms with Crippen molar-refractivity contribution in [1.29, 1.82) is 0 Å². The maximum Gasteiger partial charge on any atom is 0.226 e. The van der Waals surface area contributed by atoms with Crippen molar-refractivity contribution in [2.24, 2.45) is 0 Å². The van der Waals surface area contributed by atoms with E-state index in [0.717, 1.165) is 37.1 Å². The van der Waals surface area contributed by atoms with Gasteiger partial charge in [0.2, 0.25) is 11.8 Å². The molecule has 3 rings (SSSR count). The average molecular weight is 289 g/mol. The molecular weight excluding hydrogens is 270 g/mol. The highest BCUT2D eigenvalue weighted by molar-refractivity contribution is 7.98. The Morgan fingerprint density at radius 3 is 2.75 bits per heavy atom. The van der Waals surface area contributed by atoms with Gasteiger partial charge in [-0.2, -0.15) is 0 Å². The first-order chi connectivity index (χ1) is 9.90. The molecular formula is C15H19N3OS. The minimum absolute atomic E-state index is 0.712. The number of nitrogens with zero attached hydrogens (tertiary/aromatic N) is 2. The van der Waals surface area contributed by atoms with Crippen molar-refractivity contribution in [1.82, 2.24) is 15.5 Å². The van der Waals surface area contributed by atoms with Crippen LogP contribution < -0.4 is 5.32 Å². The first-order valence-corrected chi connectivity index (χ1v) is 8.11. The van der Waals surface area contributed by atoms with E-state index >= 15 is 0 Å². The molecule has 1 aromatic heterocycles. The topological polar surface area (TPSA) is 51.0 Å². The molecule has 0 unspecified atom stereocenters. The number of aromatic nitrogens is 2. The summed E-state index contributed by atoms with van der Waals surface area (Å²) in [7, 11) is 0. The number of hydrogen-bond donors (Lipinski definition) is 1. The molecule has 0 saturated heterocycles. The van der Waals surface area contributed by atoms with E-state index < -0.39 is 0 Å². The van der Waals surface area contributed by atoms with Gasteiger partial charge in [0.15, 0.2) is 0 Å². The molecule has 0 radical (unpaired) electrons. The Hall–Kier alpha value is -1.33. The van der Waals surface area contributed by atoms with Crippen LogP contribution in [0.5, 0.6) is 0 Å². The van der Waals surface area contributed by atoms with Crippen LogP contribution in [0.25, 0.3) is 0 Å². The van der Waals surface area contributed by atoms with Crippen LogP contribution in [0.15, 0.2) is 39.6 Å². The summed E-state index contributed by atoms with van der Waals surface area (Å²) in [5.41, 5.74) is 0. The molecule has 1 heterocycles. The summed E-state index contributed by atoms with van der Waals surface area (Å²) in [6.07, 6.45) is 4.59. The van der Waals surface area contributed by atoms with E-state index in [1.165, 1.54) is 17.7 Å². The molecule has 1 N–H and O–H groups in total. The summed E-state index contributed by atoms with van der Waals surface area (Å²) in [5.74, 6) is 2.20. The zero-order valence-corrected chi connectivity index (χ0v) is 12.2. The summed E-state index contributed by atoms with van der Waals surface area (Å²) < 4.78 is 5.66. The summed E-state index contributed by atoms with van der Waals surface area (Å²) in [6.45, 7) is 1.04. The van der Waals surface area contributed by atoms with Crippen molar-refractivity contribution >= 4 is 11.8 Å². The van der Waals surface area contributed by atoms with Gasteiger partial charge in [0.05, 0.1) is 5.75 Å². The molecule has 1 fully saturated rings. The van der Waals surface area contributed by atoms with E-state index in [1.54, 1.807) is 11.8 Å². The van der Waals surface area contributed by atoms with E-state index in [2.05, 4.69) is 27.6 Å². The van der Waals surface area contributed by atoms with Gasteiger partial charge in [0.25, 0.3) is 0 Å². The predicted octanol–water partition coefficient (Wildman–Crippen LogP) is 3.05. The monoisotopic (exact) mass is 289 g/mol. The summed E-state index contributed by atoms with van der Waals surface area (Å²) >= 11 is 1.72. The second-order valence-corrected chi connectivity index (χ2v) is 6.07. The normalized spacial score (nSPS) is 14.6. The molecule has 2 aromatic rings. The van der Waals surface area contributed by atoms with Crippen molar-refractivity contribution in [2.75, 3.05) is 6.54 Å². The molecule has 0 atom stereocenters. The fourth-order valence-corrected chi connectivity index (χ4v) is 2.70. The van der Waals surface area contributed by atoms with Gasteiger partial charge < -0.3 is 9.73 Å². The molecule has 1 aliphatic carbocycles. The molecule has 0 spiro atoms. The maximum absolute atomic E-state index is 5.66. The van der Waals surface area contributed by atoms with Gasteiger partial charge in [-0.15, -0.1) is 22.0 Å². The summed E-state index contributed by atoms with van der Waals surface area (Å²) in [6, 6.07) is 11.0. The van der Waals surface area contributed by atoms with Gasteiger partial charge in [-0.3, -0.25) is 0 Å². The summed E-state index contributed by atoms with van der Waals surface area (Å²) in [5, 5.41) is 11.7.